The molecule has 0 aliphatic heterocycles. The van der Waals surface area contributed by atoms with Crippen LogP contribution in [0, 0.1) is 0 Å². The third kappa shape index (κ3) is 3.60. The zero-order valence-corrected chi connectivity index (χ0v) is 15.6. The molecule has 0 unspecified atom stereocenters. The van der Waals surface area contributed by atoms with Gasteiger partial charge in [0.25, 0.3) is 5.91 Å². The quantitative estimate of drug-likeness (QED) is 0.567. The molecule has 0 radical (unpaired) electrons. The summed E-state index contributed by atoms with van der Waals surface area (Å²) >= 11 is 0. The van der Waals surface area contributed by atoms with Crippen molar-refractivity contribution in [2.45, 2.75) is 0 Å². The number of nitrogens with one attached hydrogen (secondary N) is 1. The predicted octanol–water partition coefficient (Wildman–Crippen LogP) is 3.49. The number of ether oxygens (including phenoxy) is 2. The van der Waals surface area contributed by atoms with E-state index < -0.39 is 0 Å². The maximum atomic E-state index is 12.8. The SMILES string of the molecule is COc1cccc(OCC(=O)Nc2ccc3c(c2)C(=O)c2ccccc2C3=O)c1. The van der Waals surface area contributed by atoms with Crippen LogP contribution in [0.4, 0.5) is 5.69 Å². The van der Waals surface area contributed by atoms with Crippen molar-refractivity contribution >= 4 is 23.2 Å². The monoisotopic (exact) mass is 387 g/mol. The average molecular weight is 387 g/mol. The molecule has 0 aromatic heterocycles. The van der Waals surface area contributed by atoms with Crippen LogP contribution in [0.25, 0.3) is 0 Å². The Labute approximate surface area is 167 Å². The zero-order valence-electron chi connectivity index (χ0n) is 15.6. The number of hydrogen-bond acceptors (Lipinski definition) is 5. The van der Waals surface area contributed by atoms with Gasteiger partial charge in [0.2, 0.25) is 0 Å². The summed E-state index contributed by atoms with van der Waals surface area (Å²) in [6, 6.07) is 18.3. The summed E-state index contributed by atoms with van der Waals surface area (Å²) in [6.07, 6.45) is 0. The van der Waals surface area contributed by atoms with Gasteiger partial charge in [0.1, 0.15) is 11.5 Å². The van der Waals surface area contributed by atoms with Crippen LogP contribution in [0.15, 0.2) is 66.7 Å². The van der Waals surface area contributed by atoms with Gasteiger partial charge in [-0.1, -0.05) is 30.3 Å². The molecule has 6 nitrogen and oxygen atoms in total. The van der Waals surface area contributed by atoms with Crippen LogP contribution >= 0.6 is 0 Å². The molecule has 0 spiro atoms. The first-order valence-electron chi connectivity index (χ1n) is 8.96. The highest BCUT2D eigenvalue weighted by Crippen LogP contribution is 2.29. The van der Waals surface area contributed by atoms with Gasteiger partial charge in [-0.05, 0) is 30.3 Å². The fourth-order valence-electron chi connectivity index (χ4n) is 3.21. The Morgan fingerprint density at radius 3 is 2.17 bits per heavy atom. The number of rotatable bonds is 5. The van der Waals surface area contributed by atoms with Crippen molar-refractivity contribution in [3.63, 3.8) is 0 Å². The van der Waals surface area contributed by atoms with Crippen molar-refractivity contribution in [1.29, 1.82) is 0 Å². The van der Waals surface area contributed by atoms with Crippen LogP contribution in [0.2, 0.25) is 0 Å². The molecule has 6 heteroatoms. The molecule has 0 atom stereocenters. The Hall–Kier alpha value is -3.93. The minimum absolute atomic E-state index is 0.200. The molecule has 1 amide bonds. The van der Waals surface area contributed by atoms with E-state index in [9.17, 15) is 14.4 Å². The standard InChI is InChI=1S/C23H17NO5/c1-28-15-5-4-6-16(12-15)29-13-21(25)24-14-9-10-19-20(11-14)23(27)18-8-3-2-7-17(18)22(19)26/h2-12H,13H2,1H3,(H,24,25). The molecule has 0 saturated carbocycles. The van der Waals surface area contributed by atoms with Gasteiger partial charge in [-0.2, -0.15) is 0 Å². The van der Waals surface area contributed by atoms with Crippen LogP contribution in [0.5, 0.6) is 11.5 Å². The number of anilines is 1. The number of carbonyl (C=O) groups excluding carboxylic acids is 3. The summed E-state index contributed by atoms with van der Waals surface area (Å²) < 4.78 is 10.6. The summed E-state index contributed by atoms with van der Waals surface area (Å²) in [4.78, 5) is 37.6. The molecule has 4 rings (SSSR count). The molecule has 29 heavy (non-hydrogen) atoms. The summed E-state index contributed by atoms with van der Waals surface area (Å²) in [5, 5.41) is 2.69. The number of carbonyl (C=O) groups is 3. The zero-order chi connectivity index (χ0) is 20.4. The first-order valence-corrected chi connectivity index (χ1v) is 8.96. The second-order valence-corrected chi connectivity index (χ2v) is 6.48. The van der Waals surface area contributed by atoms with Crippen molar-refractivity contribution in [1.82, 2.24) is 0 Å². The molecule has 144 valence electrons. The smallest absolute Gasteiger partial charge is 0.262 e. The van der Waals surface area contributed by atoms with E-state index in [1.165, 1.54) is 6.07 Å². The van der Waals surface area contributed by atoms with E-state index in [-0.39, 0.29) is 29.6 Å². The third-order valence-electron chi connectivity index (χ3n) is 4.62. The maximum absolute atomic E-state index is 12.8. The Morgan fingerprint density at radius 2 is 1.45 bits per heavy atom. The van der Waals surface area contributed by atoms with Gasteiger partial charge in [-0.15, -0.1) is 0 Å². The van der Waals surface area contributed by atoms with Crippen LogP contribution in [0.1, 0.15) is 31.8 Å². The van der Waals surface area contributed by atoms with Gasteiger partial charge in [0.05, 0.1) is 7.11 Å². The van der Waals surface area contributed by atoms with Crippen molar-refractivity contribution < 1.29 is 23.9 Å². The lowest BCUT2D eigenvalue weighted by molar-refractivity contribution is -0.118. The van der Waals surface area contributed by atoms with E-state index in [1.807, 2.05) is 0 Å². The molecule has 0 heterocycles. The number of ketones is 2. The molecule has 3 aromatic rings. The van der Waals surface area contributed by atoms with Crippen molar-refractivity contribution in [3.05, 3.63) is 89.0 Å². The Morgan fingerprint density at radius 1 is 0.793 bits per heavy atom. The highest BCUT2D eigenvalue weighted by atomic mass is 16.5. The number of benzene rings is 3. The maximum Gasteiger partial charge on any atom is 0.262 e. The van der Waals surface area contributed by atoms with Gasteiger partial charge in [0, 0.05) is 34.0 Å². The van der Waals surface area contributed by atoms with Crippen molar-refractivity contribution in [2.24, 2.45) is 0 Å². The number of hydrogen-bond donors (Lipinski definition) is 1. The summed E-state index contributed by atoms with van der Waals surface area (Å²) in [5.74, 6) is 0.305. The Bertz CT molecular complexity index is 1140. The predicted molar refractivity (Wildman–Crippen MR) is 107 cm³/mol. The normalized spacial score (nSPS) is 12.0. The Kier molecular flexibility index (Phi) is 4.83. The second kappa shape index (κ2) is 7.59. The average Bonchev–Trinajstić information content (AvgIpc) is 2.76. The minimum atomic E-state index is -0.386. The van der Waals surface area contributed by atoms with Gasteiger partial charge in [-0.3, -0.25) is 14.4 Å². The number of methoxy groups -OCH3 is 1. The van der Waals surface area contributed by atoms with E-state index in [0.29, 0.717) is 33.9 Å². The van der Waals surface area contributed by atoms with Gasteiger partial charge in [-0.25, -0.2) is 0 Å². The van der Waals surface area contributed by atoms with Gasteiger partial charge in [0.15, 0.2) is 18.2 Å². The highest BCUT2D eigenvalue weighted by Gasteiger charge is 2.29. The molecule has 3 aromatic carbocycles. The van der Waals surface area contributed by atoms with Gasteiger partial charge < -0.3 is 14.8 Å². The molecule has 0 bridgehead atoms. The fourth-order valence-corrected chi connectivity index (χ4v) is 3.21. The molecule has 1 N–H and O–H groups in total. The first-order chi connectivity index (χ1) is 14.1. The van der Waals surface area contributed by atoms with Crippen LogP contribution in [0.3, 0.4) is 0 Å². The van der Waals surface area contributed by atoms with Gasteiger partial charge >= 0.3 is 0 Å². The highest BCUT2D eigenvalue weighted by molar-refractivity contribution is 6.28. The number of fused-ring (bicyclic) bond motifs is 2. The lowest BCUT2D eigenvalue weighted by Gasteiger charge is -2.18. The minimum Gasteiger partial charge on any atom is -0.497 e. The molecule has 0 fully saturated rings. The largest absolute Gasteiger partial charge is 0.497 e. The fraction of sp³-hybridized carbons (Fsp3) is 0.0870. The lowest BCUT2D eigenvalue weighted by atomic mass is 9.84. The lowest BCUT2D eigenvalue weighted by Crippen LogP contribution is -2.23. The summed E-state index contributed by atoms with van der Waals surface area (Å²) in [7, 11) is 1.55. The molecular weight excluding hydrogens is 370 g/mol. The van der Waals surface area contributed by atoms with Crippen LogP contribution < -0.4 is 14.8 Å². The first kappa shape index (κ1) is 18.4. The molecule has 1 aliphatic carbocycles. The summed E-state index contributed by atoms with van der Waals surface area (Å²) in [5.41, 5.74) is 1.80. The summed E-state index contributed by atoms with van der Waals surface area (Å²) in [6.45, 7) is -0.208. The topological polar surface area (TPSA) is 81.7 Å². The van der Waals surface area contributed by atoms with E-state index in [1.54, 1.807) is 67.8 Å². The molecule has 1 aliphatic rings. The molecular formula is C23H17NO5. The second-order valence-electron chi connectivity index (χ2n) is 6.48. The van der Waals surface area contributed by atoms with E-state index in [0.717, 1.165) is 0 Å². The number of amides is 1. The van der Waals surface area contributed by atoms with E-state index in [2.05, 4.69) is 5.32 Å². The third-order valence-corrected chi connectivity index (χ3v) is 4.62. The van der Waals surface area contributed by atoms with E-state index in [4.69, 9.17) is 9.47 Å². The van der Waals surface area contributed by atoms with Crippen LogP contribution in [-0.4, -0.2) is 31.2 Å². The molecule has 0 saturated heterocycles. The Balaban J connectivity index is 1.48. The van der Waals surface area contributed by atoms with E-state index >= 15 is 0 Å². The van der Waals surface area contributed by atoms with Crippen molar-refractivity contribution in [2.75, 3.05) is 19.0 Å². The van der Waals surface area contributed by atoms with Crippen molar-refractivity contribution in [3.8, 4) is 11.5 Å². The van der Waals surface area contributed by atoms with Crippen LogP contribution in [-0.2, 0) is 4.79 Å².